The molecule has 7 nitrogen and oxygen atoms in total. The molecule has 0 aromatic heterocycles. The van der Waals surface area contributed by atoms with E-state index in [1.54, 1.807) is 0 Å². The zero-order valence-corrected chi connectivity index (χ0v) is 9.73. The summed E-state index contributed by atoms with van der Waals surface area (Å²) in [5.41, 5.74) is 0. The Kier molecular flexibility index (Phi) is 3.70. The van der Waals surface area contributed by atoms with Gasteiger partial charge < -0.3 is 4.74 Å². The molecule has 2 N–H and O–H groups in total. The zero-order chi connectivity index (χ0) is 12.3. The Bertz CT molecular complexity index is 331. The summed E-state index contributed by atoms with van der Waals surface area (Å²) in [7, 11) is 0. The lowest BCUT2D eigenvalue weighted by molar-refractivity contribution is -0.135. The first-order valence-electron chi connectivity index (χ1n) is 5.65. The number of rotatable bonds is 3. The van der Waals surface area contributed by atoms with Crippen molar-refractivity contribution in [2.24, 2.45) is 4.99 Å². The lowest BCUT2D eigenvalue weighted by atomic mass is 10.3. The topological polar surface area (TPSA) is 83.0 Å². The van der Waals surface area contributed by atoms with Gasteiger partial charge in [0.15, 0.2) is 0 Å². The molecule has 2 aliphatic rings. The van der Waals surface area contributed by atoms with Crippen LogP contribution >= 0.6 is 0 Å². The van der Waals surface area contributed by atoms with Gasteiger partial charge in [0.1, 0.15) is 0 Å². The van der Waals surface area contributed by atoms with Gasteiger partial charge in [-0.3, -0.25) is 25.1 Å². The molecule has 2 aliphatic heterocycles. The van der Waals surface area contributed by atoms with Crippen LogP contribution in [-0.4, -0.2) is 61.6 Å². The fourth-order valence-corrected chi connectivity index (χ4v) is 1.84. The summed E-state index contributed by atoms with van der Waals surface area (Å²) in [6, 6.07) is 0.0156. The Morgan fingerprint density at radius 1 is 1.29 bits per heavy atom. The first-order valence-corrected chi connectivity index (χ1v) is 5.65. The van der Waals surface area contributed by atoms with Crippen molar-refractivity contribution < 1.29 is 14.3 Å². The first kappa shape index (κ1) is 12.0. The third-order valence-corrected chi connectivity index (χ3v) is 2.65. The van der Waals surface area contributed by atoms with Gasteiger partial charge in [0.2, 0.25) is 5.96 Å². The van der Waals surface area contributed by atoms with E-state index in [4.69, 9.17) is 4.74 Å². The summed E-state index contributed by atoms with van der Waals surface area (Å²) in [6.45, 7) is 6.02. The molecule has 0 aromatic carbocycles. The molecule has 17 heavy (non-hydrogen) atoms. The van der Waals surface area contributed by atoms with Crippen LogP contribution < -0.4 is 10.6 Å². The van der Waals surface area contributed by atoms with Crippen LogP contribution in [0.25, 0.3) is 0 Å². The number of hydrogen-bond acceptors (Lipinski definition) is 5. The Labute approximate surface area is 99.2 Å². The highest BCUT2D eigenvalue weighted by atomic mass is 16.5. The molecule has 0 saturated carbocycles. The predicted molar refractivity (Wildman–Crippen MR) is 60.4 cm³/mol. The summed E-state index contributed by atoms with van der Waals surface area (Å²) in [5.74, 6) is -1.05. The van der Waals surface area contributed by atoms with E-state index >= 15 is 0 Å². The quantitative estimate of drug-likeness (QED) is 0.577. The van der Waals surface area contributed by atoms with Gasteiger partial charge in [0.25, 0.3) is 0 Å². The second-order valence-corrected chi connectivity index (χ2v) is 4.15. The van der Waals surface area contributed by atoms with Crippen LogP contribution in [0.2, 0.25) is 0 Å². The molecular weight excluding hydrogens is 224 g/mol. The standard InChI is InChI=1S/C10H16N4O3/c1-7(6-14-2-4-17-5-3-14)11-10-12-8(15)9(16)13-10/h7H,2-6H2,1H3,(H2,11,12,13,15,16). The van der Waals surface area contributed by atoms with E-state index < -0.39 is 11.8 Å². The van der Waals surface area contributed by atoms with Crippen LogP contribution in [-0.2, 0) is 14.3 Å². The molecular formula is C10H16N4O3. The van der Waals surface area contributed by atoms with Crippen molar-refractivity contribution in [3.05, 3.63) is 0 Å². The van der Waals surface area contributed by atoms with Crippen molar-refractivity contribution in [2.45, 2.75) is 13.0 Å². The Balaban J connectivity index is 1.84. The molecule has 0 bridgehead atoms. The number of carbonyl (C=O) groups is 2. The van der Waals surface area contributed by atoms with Crippen LogP contribution in [0, 0.1) is 0 Å². The maximum Gasteiger partial charge on any atom is 0.316 e. The maximum atomic E-state index is 10.9. The van der Waals surface area contributed by atoms with Crippen LogP contribution in [0.3, 0.4) is 0 Å². The van der Waals surface area contributed by atoms with E-state index in [0.717, 1.165) is 32.8 Å². The van der Waals surface area contributed by atoms with E-state index in [-0.39, 0.29) is 12.0 Å². The number of guanidine groups is 1. The Morgan fingerprint density at radius 2 is 1.88 bits per heavy atom. The average Bonchev–Trinajstić information content (AvgIpc) is 2.59. The number of nitrogens with one attached hydrogen (secondary N) is 2. The van der Waals surface area contributed by atoms with Crippen molar-refractivity contribution in [2.75, 3.05) is 32.8 Å². The number of amides is 2. The van der Waals surface area contributed by atoms with Crippen molar-refractivity contribution in [1.82, 2.24) is 15.5 Å². The van der Waals surface area contributed by atoms with Crippen molar-refractivity contribution in [1.29, 1.82) is 0 Å². The highest BCUT2D eigenvalue weighted by Crippen LogP contribution is 2.01. The van der Waals surface area contributed by atoms with Crippen molar-refractivity contribution in [3.8, 4) is 0 Å². The van der Waals surface area contributed by atoms with Crippen LogP contribution in [0.4, 0.5) is 0 Å². The summed E-state index contributed by atoms with van der Waals surface area (Å²) in [6.07, 6.45) is 0. The van der Waals surface area contributed by atoms with Gasteiger partial charge in [-0.25, -0.2) is 4.99 Å². The molecule has 2 heterocycles. The summed E-state index contributed by atoms with van der Waals surface area (Å²) >= 11 is 0. The van der Waals surface area contributed by atoms with Gasteiger partial charge in [-0.05, 0) is 6.92 Å². The van der Waals surface area contributed by atoms with Crippen molar-refractivity contribution >= 4 is 17.8 Å². The lowest BCUT2D eigenvalue weighted by Gasteiger charge is -2.27. The monoisotopic (exact) mass is 240 g/mol. The van der Waals surface area contributed by atoms with Gasteiger partial charge in [0, 0.05) is 19.6 Å². The molecule has 2 amide bonds. The largest absolute Gasteiger partial charge is 0.379 e. The third kappa shape index (κ3) is 3.24. The number of nitrogens with zero attached hydrogens (tertiary/aromatic N) is 2. The molecule has 0 radical (unpaired) electrons. The molecule has 0 aliphatic carbocycles. The van der Waals surface area contributed by atoms with Crippen LogP contribution in [0.5, 0.6) is 0 Å². The fourth-order valence-electron chi connectivity index (χ4n) is 1.84. The Morgan fingerprint density at radius 3 is 2.47 bits per heavy atom. The van der Waals surface area contributed by atoms with Gasteiger partial charge in [-0.1, -0.05) is 0 Å². The number of ether oxygens (including phenoxy) is 1. The van der Waals surface area contributed by atoms with Gasteiger partial charge in [0.05, 0.1) is 19.3 Å². The number of hydrogen-bond donors (Lipinski definition) is 2. The molecule has 2 fully saturated rings. The van der Waals surface area contributed by atoms with Crippen LogP contribution in [0.15, 0.2) is 4.99 Å². The molecule has 2 saturated heterocycles. The minimum absolute atomic E-state index is 0.0156. The van der Waals surface area contributed by atoms with E-state index in [1.807, 2.05) is 6.92 Å². The SMILES string of the molecule is CC(CN1CCOCC1)N=C1NC(=O)C(=O)N1. The van der Waals surface area contributed by atoms with E-state index in [2.05, 4.69) is 20.5 Å². The zero-order valence-electron chi connectivity index (χ0n) is 9.73. The second kappa shape index (κ2) is 5.24. The smallest absolute Gasteiger partial charge is 0.316 e. The molecule has 1 unspecified atom stereocenters. The van der Waals surface area contributed by atoms with Crippen molar-refractivity contribution in [3.63, 3.8) is 0 Å². The minimum atomic E-state index is -0.651. The first-order chi connectivity index (χ1) is 8.15. The molecule has 1 atom stereocenters. The molecule has 2 rings (SSSR count). The van der Waals surface area contributed by atoms with E-state index in [9.17, 15) is 9.59 Å². The summed E-state index contributed by atoms with van der Waals surface area (Å²) in [5, 5.41) is 4.76. The molecule has 7 heteroatoms. The number of morpholine rings is 1. The second-order valence-electron chi connectivity index (χ2n) is 4.15. The molecule has 0 aromatic rings. The number of aliphatic imine (C=N–C) groups is 1. The minimum Gasteiger partial charge on any atom is -0.379 e. The highest BCUT2D eigenvalue weighted by molar-refractivity contribution is 6.45. The third-order valence-electron chi connectivity index (χ3n) is 2.65. The average molecular weight is 240 g/mol. The normalized spacial score (nSPS) is 23.2. The molecule has 94 valence electrons. The van der Waals surface area contributed by atoms with Gasteiger partial charge in [-0.2, -0.15) is 0 Å². The predicted octanol–water partition coefficient (Wildman–Crippen LogP) is -1.69. The summed E-state index contributed by atoms with van der Waals surface area (Å²) < 4.78 is 5.25. The maximum absolute atomic E-state index is 10.9. The Hall–Kier alpha value is -1.47. The van der Waals surface area contributed by atoms with Crippen LogP contribution in [0.1, 0.15) is 6.92 Å². The van der Waals surface area contributed by atoms with Gasteiger partial charge in [-0.15, -0.1) is 0 Å². The summed E-state index contributed by atoms with van der Waals surface area (Å²) in [4.78, 5) is 28.3. The highest BCUT2D eigenvalue weighted by Gasteiger charge is 2.25. The van der Waals surface area contributed by atoms with Gasteiger partial charge >= 0.3 is 11.8 Å². The number of carbonyl (C=O) groups excluding carboxylic acids is 2. The fraction of sp³-hybridized carbons (Fsp3) is 0.700. The molecule has 0 spiro atoms. The van der Waals surface area contributed by atoms with E-state index in [1.165, 1.54) is 0 Å². The lowest BCUT2D eigenvalue weighted by Crippen LogP contribution is -2.40. The van der Waals surface area contributed by atoms with E-state index in [0.29, 0.717) is 0 Å².